The molecular formula is C17H28N2O4S. The SMILES string of the molecule is CCC[C@@H](C)NS(=O)(=O)c1ccc(O[C@H](C)C(=O)NC(C)C)cc1. The van der Waals surface area contributed by atoms with Gasteiger partial charge in [0.1, 0.15) is 5.75 Å². The summed E-state index contributed by atoms with van der Waals surface area (Å²) in [7, 11) is -3.54. The van der Waals surface area contributed by atoms with E-state index in [1.165, 1.54) is 12.1 Å². The van der Waals surface area contributed by atoms with E-state index in [2.05, 4.69) is 10.0 Å². The molecule has 0 heterocycles. The second-order valence-corrected chi connectivity index (χ2v) is 7.92. The molecule has 1 amide bonds. The molecule has 1 aromatic rings. The minimum atomic E-state index is -3.54. The molecule has 0 spiro atoms. The summed E-state index contributed by atoms with van der Waals surface area (Å²) in [5.74, 6) is 0.235. The van der Waals surface area contributed by atoms with Crippen molar-refractivity contribution in [3.63, 3.8) is 0 Å². The number of amides is 1. The molecule has 24 heavy (non-hydrogen) atoms. The first-order valence-corrected chi connectivity index (χ1v) is 9.73. The van der Waals surface area contributed by atoms with Gasteiger partial charge >= 0.3 is 0 Å². The summed E-state index contributed by atoms with van der Waals surface area (Å²) >= 11 is 0. The van der Waals surface area contributed by atoms with Crippen molar-refractivity contribution >= 4 is 15.9 Å². The van der Waals surface area contributed by atoms with Gasteiger partial charge in [-0.25, -0.2) is 13.1 Å². The zero-order valence-electron chi connectivity index (χ0n) is 15.0. The maximum Gasteiger partial charge on any atom is 0.260 e. The van der Waals surface area contributed by atoms with Gasteiger partial charge in [-0.2, -0.15) is 0 Å². The highest BCUT2D eigenvalue weighted by Gasteiger charge is 2.18. The Morgan fingerprint density at radius 2 is 1.71 bits per heavy atom. The van der Waals surface area contributed by atoms with Crippen molar-refractivity contribution in [1.29, 1.82) is 0 Å². The molecule has 0 aliphatic heterocycles. The predicted octanol–water partition coefficient (Wildman–Crippen LogP) is 2.45. The smallest absolute Gasteiger partial charge is 0.260 e. The molecule has 0 saturated heterocycles. The summed E-state index contributed by atoms with van der Waals surface area (Å²) in [4.78, 5) is 12.0. The summed E-state index contributed by atoms with van der Waals surface area (Å²) < 4.78 is 32.7. The van der Waals surface area contributed by atoms with Gasteiger partial charge < -0.3 is 10.1 Å². The Morgan fingerprint density at radius 1 is 1.12 bits per heavy atom. The molecule has 136 valence electrons. The van der Waals surface area contributed by atoms with Gasteiger partial charge in [-0.05, 0) is 58.4 Å². The normalized spacial score (nSPS) is 14.2. The summed E-state index contributed by atoms with van der Waals surface area (Å²) in [5, 5.41) is 2.76. The highest BCUT2D eigenvalue weighted by Crippen LogP contribution is 2.18. The standard InChI is InChI=1S/C17H28N2O4S/c1-6-7-13(4)19-24(21,22)16-10-8-15(9-11-16)23-14(5)17(20)18-12(2)3/h8-14,19H,6-7H2,1-5H3,(H,18,20)/t13-,14-/m1/s1. The van der Waals surface area contributed by atoms with Crippen molar-refractivity contribution < 1.29 is 17.9 Å². The first-order valence-electron chi connectivity index (χ1n) is 8.25. The largest absolute Gasteiger partial charge is 0.481 e. The first kappa shape index (κ1) is 20.4. The van der Waals surface area contributed by atoms with Crippen LogP contribution >= 0.6 is 0 Å². The molecular weight excluding hydrogens is 328 g/mol. The zero-order chi connectivity index (χ0) is 18.3. The van der Waals surface area contributed by atoms with Crippen LogP contribution in [0.5, 0.6) is 5.75 Å². The van der Waals surface area contributed by atoms with E-state index >= 15 is 0 Å². The molecule has 7 heteroatoms. The van der Waals surface area contributed by atoms with Gasteiger partial charge in [0, 0.05) is 12.1 Å². The minimum Gasteiger partial charge on any atom is -0.481 e. The molecule has 0 aromatic heterocycles. The van der Waals surface area contributed by atoms with Gasteiger partial charge in [0.15, 0.2) is 6.10 Å². The van der Waals surface area contributed by atoms with Gasteiger partial charge in [-0.15, -0.1) is 0 Å². The van der Waals surface area contributed by atoms with Crippen LogP contribution in [0.3, 0.4) is 0 Å². The predicted molar refractivity (Wildman–Crippen MR) is 94.5 cm³/mol. The number of sulfonamides is 1. The second kappa shape index (κ2) is 9.03. The summed E-state index contributed by atoms with van der Waals surface area (Å²) in [6.07, 6.45) is 1.04. The zero-order valence-corrected chi connectivity index (χ0v) is 15.8. The summed E-state index contributed by atoms with van der Waals surface area (Å²) in [6.45, 7) is 9.24. The third-order valence-corrected chi connectivity index (χ3v) is 4.93. The van der Waals surface area contributed by atoms with E-state index in [9.17, 15) is 13.2 Å². The number of benzene rings is 1. The quantitative estimate of drug-likeness (QED) is 0.712. The lowest BCUT2D eigenvalue weighted by molar-refractivity contribution is -0.127. The molecule has 1 aromatic carbocycles. The van der Waals surface area contributed by atoms with E-state index in [0.717, 1.165) is 12.8 Å². The Labute approximate surface area is 145 Å². The number of carbonyl (C=O) groups is 1. The molecule has 2 atom stereocenters. The van der Waals surface area contributed by atoms with Crippen LogP contribution in [0.4, 0.5) is 0 Å². The number of rotatable bonds is 9. The molecule has 0 saturated carbocycles. The van der Waals surface area contributed by atoms with E-state index in [1.54, 1.807) is 19.1 Å². The lowest BCUT2D eigenvalue weighted by Crippen LogP contribution is -2.40. The van der Waals surface area contributed by atoms with E-state index < -0.39 is 16.1 Å². The fourth-order valence-corrected chi connectivity index (χ4v) is 3.46. The van der Waals surface area contributed by atoms with Crippen molar-refractivity contribution in [2.45, 2.75) is 70.5 Å². The number of ether oxygens (including phenoxy) is 1. The number of carbonyl (C=O) groups excluding carboxylic acids is 1. The van der Waals surface area contributed by atoms with Crippen molar-refractivity contribution in [3.8, 4) is 5.75 Å². The number of nitrogens with one attached hydrogen (secondary N) is 2. The molecule has 1 rings (SSSR count). The monoisotopic (exact) mass is 356 g/mol. The molecule has 0 unspecified atom stereocenters. The Kier molecular flexibility index (Phi) is 7.69. The van der Waals surface area contributed by atoms with Gasteiger partial charge in [0.25, 0.3) is 5.91 Å². The van der Waals surface area contributed by atoms with Crippen LogP contribution in [0.15, 0.2) is 29.2 Å². The topological polar surface area (TPSA) is 84.5 Å². The third kappa shape index (κ3) is 6.49. The molecule has 0 fully saturated rings. The van der Waals surface area contributed by atoms with Gasteiger partial charge in [-0.1, -0.05) is 13.3 Å². The maximum absolute atomic E-state index is 12.3. The summed E-state index contributed by atoms with van der Waals surface area (Å²) in [6, 6.07) is 5.98. The van der Waals surface area contributed by atoms with E-state index in [4.69, 9.17) is 4.74 Å². The van der Waals surface area contributed by atoms with Crippen LogP contribution in [-0.2, 0) is 14.8 Å². The lowest BCUT2D eigenvalue weighted by Gasteiger charge is -2.17. The van der Waals surface area contributed by atoms with Crippen LogP contribution in [-0.4, -0.2) is 32.5 Å². The molecule has 0 aliphatic carbocycles. The average Bonchev–Trinajstić information content (AvgIpc) is 2.46. The average molecular weight is 356 g/mol. The van der Waals surface area contributed by atoms with Crippen LogP contribution in [0, 0.1) is 0 Å². The molecule has 2 N–H and O–H groups in total. The van der Waals surface area contributed by atoms with Gasteiger partial charge in [-0.3, -0.25) is 4.79 Å². The Morgan fingerprint density at radius 3 is 2.21 bits per heavy atom. The Bertz CT molecular complexity index is 626. The number of hydrogen-bond donors (Lipinski definition) is 2. The molecule has 0 radical (unpaired) electrons. The molecule has 0 aliphatic rings. The Hall–Kier alpha value is -1.60. The highest BCUT2D eigenvalue weighted by molar-refractivity contribution is 7.89. The van der Waals surface area contributed by atoms with Crippen molar-refractivity contribution in [1.82, 2.24) is 10.0 Å². The maximum atomic E-state index is 12.3. The van der Waals surface area contributed by atoms with Crippen LogP contribution < -0.4 is 14.8 Å². The highest BCUT2D eigenvalue weighted by atomic mass is 32.2. The van der Waals surface area contributed by atoms with Crippen molar-refractivity contribution in [3.05, 3.63) is 24.3 Å². The van der Waals surface area contributed by atoms with Crippen LogP contribution in [0.25, 0.3) is 0 Å². The van der Waals surface area contributed by atoms with Gasteiger partial charge in [0.2, 0.25) is 10.0 Å². The van der Waals surface area contributed by atoms with Crippen LogP contribution in [0.2, 0.25) is 0 Å². The molecule has 6 nitrogen and oxygen atoms in total. The lowest BCUT2D eigenvalue weighted by atomic mass is 10.2. The minimum absolute atomic E-state index is 0.0345. The van der Waals surface area contributed by atoms with Crippen molar-refractivity contribution in [2.24, 2.45) is 0 Å². The van der Waals surface area contributed by atoms with Gasteiger partial charge in [0.05, 0.1) is 4.90 Å². The van der Waals surface area contributed by atoms with Crippen molar-refractivity contribution in [2.75, 3.05) is 0 Å². The fourth-order valence-electron chi connectivity index (χ4n) is 2.18. The second-order valence-electron chi connectivity index (χ2n) is 6.21. The fraction of sp³-hybridized carbons (Fsp3) is 0.588. The summed E-state index contributed by atoms with van der Waals surface area (Å²) in [5.41, 5.74) is 0. The van der Waals surface area contributed by atoms with E-state index in [-0.39, 0.29) is 22.9 Å². The first-order chi connectivity index (χ1) is 11.2. The van der Waals surface area contributed by atoms with E-state index in [1.807, 2.05) is 27.7 Å². The molecule has 0 bridgehead atoms. The van der Waals surface area contributed by atoms with E-state index in [0.29, 0.717) is 5.75 Å². The van der Waals surface area contributed by atoms with Crippen LogP contribution in [0.1, 0.15) is 47.5 Å². The number of hydrogen-bond acceptors (Lipinski definition) is 4. The third-order valence-electron chi connectivity index (χ3n) is 3.33. The Balaban J connectivity index is 2.73.